The van der Waals surface area contributed by atoms with Gasteiger partial charge < -0.3 is 15.0 Å². The number of nitrogens with zero attached hydrogens (tertiary/aromatic N) is 2. The average molecular weight is 255 g/mol. The predicted molar refractivity (Wildman–Crippen MR) is 70.6 cm³/mol. The van der Waals surface area contributed by atoms with E-state index < -0.39 is 5.60 Å². The summed E-state index contributed by atoms with van der Waals surface area (Å²) < 4.78 is 5.43. The Labute approximate surface area is 109 Å². The van der Waals surface area contributed by atoms with Crippen molar-refractivity contribution in [3.63, 3.8) is 0 Å². The molecule has 0 aromatic heterocycles. The molecule has 0 saturated carbocycles. The maximum atomic E-state index is 12.0. The van der Waals surface area contributed by atoms with Gasteiger partial charge in [0.15, 0.2) is 0 Å². The highest BCUT2D eigenvalue weighted by molar-refractivity contribution is 5.68. The van der Waals surface area contributed by atoms with Crippen molar-refractivity contribution < 1.29 is 9.53 Å². The van der Waals surface area contributed by atoms with E-state index in [1.165, 1.54) is 0 Å². The Hall–Kier alpha value is -0.810. The van der Waals surface area contributed by atoms with Gasteiger partial charge in [-0.05, 0) is 27.7 Å². The topological polar surface area (TPSA) is 44.8 Å². The third kappa shape index (κ3) is 3.14. The van der Waals surface area contributed by atoms with E-state index in [9.17, 15) is 4.79 Å². The van der Waals surface area contributed by atoms with Gasteiger partial charge in [0.2, 0.25) is 0 Å². The second kappa shape index (κ2) is 5.05. The number of hydrogen-bond donors (Lipinski definition) is 1. The minimum atomic E-state index is -0.410. The van der Waals surface area contributed by atoms with Crippen LogP contribution in [0, 0.1) is 0 Å². The summed E-state index contributed by atoms with van der Waals surface area (Å²) in [5, 5.41) is 3.42. The van der Waals surface area contributed by atoms with Gasteiger partial charge in [0.25, 0.3) is 0 Å². The summed E-state index contributed by atoms with van der Waals surface area (Å²) >= 11 is 0. The normalized spacial score (nSPS) is 29.9. The van der Waals surface area contributed by atoms with Crippen molar-refractivity contribution in [2.45, 2.75) is 45.4 Å². The van der Waals surface area contributed by atoms with E-state index in [1.807, 2.05) is 25.7 Å². The van der Waals surface area contributed by atoms with Gasteiger partial charge in [-0.25, -0.2) is 4.79 Å². The van der Waals surface area contributed by atoms with E-state index in [0.29, 0.717) is 12.1 Å². The molecular weight excluding hydrogens is 230 g/mol. The molecule has 5 heteroatoms. The molecule has 2 heterocycles. The van der Waals surface area contributed by atoms with Gasteiger partial charge in [-0.3, -0.25) is 4.90 Å². The molecule has 2 fully saturated rings. The number of carbonyl (C=O) groups excluding carboxylic acids is 1. The Kier molecular flexibility index (Phi) is 3.82. The van der Waals surface area contributed by atoms with Crippen LogP contribution in [-0.4, -0.2) is 66.3 Å². The summed E-state index contributed by atoms with van der Waals surface area (Å²) in [5.74, 6) is 0. The van der Waals surface area contributed by atoms with E-state index in [1.54, 1.807) is 0 Å². The maximum Gasteiger partial charge on any atom is 0.410 e. The molecule has 0 bridgehead atoms. The molecule has 2 unspecified atom stereocenters. The fourth-order valence-electron chi connectivity index (χ4n) is 2.70. The molecule has 2 atom stereocenters. The molecule has 2 aliphatic heterocycles. The molecule has 0 aliphatic carbocycles. The second-order valence-corrected chi connectivity index (χ2v) is 6.33. The van der Waals surface area contributed by atoms with Crippen LogP contribution in [0.5, 0.6) is 0 Å². The summed E-state index contributed by atoms with van der Waals surface area (Å²) in [5.41, 5.74) is -0.410. The summed E-state index contributed by atoms with van der Waals surface area (Å²) in [6.45, 7) is 12.5. The second-order valence-electron chi connectivity index (χ2n) is 6.33. The van der Waals surface area contributed by atoms with E-state index >= 15 is 0 Å². The number of rotatable bonds is 0. The molecule has 0 radical (unpaired) electrons. The van der Waals surface area contributed by atoms with Gasteiger partial charge in [-0.2, -0.15) is 0 Å². The molecule has 2 aliphatic rings. The van der Waals surface area contributed by atoms with Gasteiger partial charge >= 0.3 is 6.09 Å². The standard InChI is InChI=1S/C13H25N3O2/c1-10-7-14-8-11-9-15(5-6-16(10)11)12(17)18-13(2,3)4/h10-11,14H,5-9H2,1-4H3. The first-order chi connectivity index (χ1) is 8.37. The van der Waals surface area contributed by atoms with Gasteiger partial charge in [-0.1, -0.05) is 0 Å². The van der Waals surface area contributed by atoms with Crippen LogP contribution in [0.3, 0.4) is 0 Å². The van der Waals surface area contributed by atoms with Gasteiger partial charge in [0, 0.05) is 44.8 Å². The van der Waals surface area contributed by atoms with Crippen molar-refractivity contribution in [3.8, 4) is 0 Å². The lowest BCUT2D eigenvalue weighted by Gasteiger charge is -2.47. The first-order valence-corrected chi connectivity index (χ1v) is 6.81. The quantitative estimate of drug-likeness (QED) is 0.698. The van der Waals surface area contributed by atoms with Crippen molar-refractivity contribution in [2.75, 3.05) is 32.7 Å². The summed E-state index contributed by atoms with van der Waals surface area (Å²) in [7, 11) is 0. The molecule has 1 amide bonds. The Balaban J connectivity index is 1.92. The van der Waals surface area contributed by atoms with Gasteiger partial charge in [-0.15, -0.1) is 0 Å². The number of hydrogen-bond acceptors (Lipinski definition) is 4. The molecule has 5 nitrogen and oxygen atoms in total. The van der Waals surface area contributed by atoms with Crippen LogP contribution in [0.4, 0.5) is 4.79 Å². The van der Waals surface area contributed by atoms with E-state index in [0.717, 1.165) is 32.7 Å². The fourth-order valence-corrected chi connectivity index (χ4v) is 2.70. The first kappa shape index (κ1) is 13.6. The molecule has 0 aromatic carbocycles. The van der Waals surface area contributed by atoms with Crippen LogP contribution in [0.15, 0.2) is 0 Å². The van der Waals surface area contributed by atoms with E-state index in [-0.39, 0.29) is 6.09 Å². The highest BCUT2D eigenvalue weighted by Crippen LogP contribution is 2.18. The molecule has 0 spiro atoms. The van der Waals surface area contributed by atoms with Crippen LogP contribution < -0.4 is 5.32 Å². The smallest absolute Gasteiger partial charge is 0.410 e. The summed E-state index contributed by atoms with van der Waals surface area (Å²) in [6.07, 6.45) is -0.180. The SMILES string of the molecule is CC1CNCC2CN(C(=O)OC(C)(C)C)CCN12. The van der Waals surface area contributed by atoms with Crippen molar-refractivity contribution >= 4 is 6.09 Å². The van der Waals surface area contributed by atoms with Crippen LogP contribution in [0.1, 0.15) is 27.7 Å². The maximum absolute atomic E-state index is 12.0. The number of ether oxygens (including phenoxy) is 1. The zero-order valence-corrected chi connectivity index (χ0v) is 11.9. The lowest BCUT2D eigenvalue weighted by atomic mass is 10.1. The van der Waals surface area contributed by atoms with Crippen LogP contribution in [0.25, 0.3) is 0 Å². The first-order valence-electron chi connectivity index (χ1n) is 6.81. The number of fused-ring (bicyclic) bond motifs is 1. The zero-order chi connectivity index (χ0) is 13.3. The van der Waals surface area contributed by atoms with Crippen molar-refractivity contribution in [3.05, 3.63) is 0 Å². The highest BCUT2D eigenvalue weighted by Gasteiger charge is 2.35. The van der Waals surface area contributed by atoms with E-state index in [2.05, 4.69) is 17.1 Å². The third-order valence-electron chi connectivity index (χ3n) is 3.57. The van der Waals surface area contributed by atoms with Crippen molar-refractivity contribution in [1.29, 1.82) is 0 Å². The monoisotopic (exact) mass is 255 g/mol. The van der Waals surface area contributed by atoms with Crippen LogP contribution >= 0.6 is 0 Å². The average Bonchev–Trinajstić information content (AvgIpc) is 2.26. The molecular formula is C13H25N3O2. The van der Waals surface area contributed by atoms with Crippen molar-refractivity contribution in [1.82, 2.24) is 15.1 Å². The van der Waals surface area contributed by atoms with Gasteiger partial charge in [0.05, 0.1) is 0 Å². The Morgan fingerprint density at radius 2 is 2.00 bits per heavy atom. The molecule has 2 saturated heterocycles. The highest BCUT2D eigenvalue weighted by atomic mass is 16.6. The van der Waals surface area contributed by atoms with Crippen molar-refractivity contribution in [2.24, 2.45) is 0 Å². The minimum absolute atomic E-state index is 0.180. The third-order valence-corrected chi connectivity index (χ3v) is 3.57. The Morgan fingerprint density at radius 1 is 1.28 bits per heavy atom. The Morgan fingerprint density at radius 3 is 2.67 bits per heavy atom. The number of piperazine rings is 2. The molecule has 2 rings (SSSR count). The number of nitrogens with one attached hydrogen (secondary N) is 1. The lowest BCUT2D eigenvalue weighted by molar-refractivity contribution is -0.00977. The largest absolute Gasteiger partial charge is 0.444 e. The van der Waals surface area contributed by atoms with Crippen LogP contribution in [0.2, 0.25) is 0 Å². The summed E-state index contributed by atoms with van der Waals surface area (Å²) in [6, 6.07) is 0.986. The molecule has 18 heavy (non-hydrogen) atoms. The van der Waals surface area contributed by atoms with Crippen LogP contribution in [-0.2, 0) is 4.74 Å². The summed E-state index contributed by atoms with van der Waals surface area (Å²) in [4.78, 5) is 16.4. The zero-order valence-electron chi connectivity index (χ0n) is 11.9. The minimum Gasteiger partial charge on any atom is -0.444 e. The van der Waals surface area contributed by atoms with E-state index in [4.69, 9.17) is 4.74 Å². The molecule has 1 N–H and O–H groups in total. The lowest BCUT2D eigenvalue weighted by Crippen LogP contribution is -2.65. The number of carbonyl (C=O) groups is 1. The number of amides is 1. The molecule has 104 valence electrons. The Bertz CT molecular complexity index is 314. The fraction of sp³-hybridized carbons (Fsp3) is 0.923. The predicted octanol–water partition coefficient (Wildman–Crippen LogP) is 0.899. The molecule has 0 aromatic rings. The van der Waals surface area contributed by atoms with Gasteiger partial charge in [0.1, 0.15) is 5.60 Å².